The van der Waals surface area contributed by atoms with Gasteiger partial charge in [-0.1, -0.05) is 31.2 Å². The number of aryl methyl sites for hydroxylation is 2. The zero-order valence-electron chi connectivity index (χ0n) is 14.2. The van der Waals surface area contributed by atoms with Crippen LogP contribution in [-0.4, -0.2) is 18.9 Å². The van der Waals surface area contributed by atoms with Crippen LogP contribution in [0.4, 0.5) is 11.4 Å². The van der Waals surface area contributed by atoms with Crippen molar-refractivity contribution < 1.29 is 14.3 Å². The standard InChI is InChI=1S/C19H22N2O3/c1-4-14-8-5-7-13(2)19(14)21-18(23)12-17(22)20-15-9-6-10-16(11-15)24-3/h5-11H,4,12H2,1-3H3,(H,20,22)(H,21,23). The van der Waals surface area contributed by atoms with Crippen LogP contribution >= 0.6 is 0 Å². The number of rotatable bonds is 6. The molecule has 2 aromatic rings. The summed E-state index contributed by atoms with van der Waals surface area (Å²) in [5, 5.41) is 5.54. The summed E-state index contributed by atoms with van der Waals surface area (Å²) in [5.41, 5.74) is 3.42. The van der Waals surface area contributed by atoms with E-state index in [-0.39, 0.29) is 18.2 Å². The topological polar surface area (TPSA) is 67.4 Å². The Morgan fingerprint density at radius 2 is 1.75 bits per heavy atom. The van der Waals surface area contributed by atoms with Gasteiger partial charge in [-0.05, 0) is 36.6 Å². The van der Waals surface area contributed by atoms with Gasteiger partial charge in [0.15, 0.2) is 0 Å². The molecule has 0 fully saturated rings. The van der Waals surface area contributed by atoms with Gasteiger partial charge < -0.3 is 15.4 Å². The van der Waals surface area contributed by atoms with Crippen LogP contribution in [-0.2, 0) is 16.0 Å². The van der Waals surface area contributed by atoms with Crippen LogP contribution in [0.2, 0.25) is 0 Å². The molecule has 0 heterocycles. The molecule has 2 amide bonds. The average Bonchev–Trinajstić information content (AvgIpc) is 2.56. The third-order valence-electron chi connectivity index (χ3n) is 3.68. The number of anilines is 2. The Hall–Kier alpha value is -2.82. The number of hydrogen-bond donors (Lipinski definition) is 2. The fourth-order valence-corrected chi connectivity index (χ4v) is 2.44. The van der Waals surface area contributed by atoms with Crippen LogP contribution in [0.5, 0.6) is 5.75 Å². The molecule has 24 heavy (non-hydrogen) atoms. The Balaban J connectivity index is 1.98. The van der Waals surface area contributed by atoms with E-state index in [1.54, 1.807) is 31.4 Å². The smallest absolute Gasteiger partial charge is 0.233 e. The van der Waals surface area contributed by atoms with Crippen molar-refractivity contribution in [1.82, 2.24) is 0 Å². The molecule has 0 aliphatic rings. The fourth-order valence-electron chi connectivity index (χ4n) is 2.44. The second kappa shape index (κ2) is 8.15. The van der Waals surface area contributed by atoms with Crippen LogP contribution in [0.1, 0.15) is 24.5 Å². The Kier molecular flexibility index (Phi) is 5.95. The summed E-state index contributed by atoms with van der Waals surface area (Å²) in [6, 6.07) is 12.9. The summed E-state index contributed by atoms with van der Waals surface area (Å²) in [6.45, 7) is 3.96. The molecule has 0 bridgehead atoms. The van der Waals surface area contributed by atoms with Gasteiger partial charge in [-0.2, -0.15) is 0 Å². The number of methoxy groups -OCH3 is 1. The lowest BCUT2D eigenvalue weighted by atomic mass is 10.1. The fraction of sp³-hybridized carbons (Fsp3) is 0.263. The number of carbonyl (C=O) groups excluding carboxylic acids is 2. The van der Waals surface area contributed by atoms with Crippen LogP contribution < -0.4 is 15.4 Å². The Labute approximate surface area is 142 Å². The number of hydrogen-bond acceptors (Lipinski definition) is 3. The molecule has 0 aliphatic heterocycles. The predicted molar refractivity (Wildman–Crippen MR) is 95.4 cm³/mol. The summed E-state index contributed by atoms with van der Waals surface area (Å²) in [6.07, 6.45) is 0.571. The van der Waals surface area contributed by atoms with Gasteiger partial charge in [0, 0.05) is 17.4 Å². The third-order valence-corrected chi connectivity index (χ3v) is 3.68. The number of ether oxygens (including phenoxy) is 1. The Bertz CT molecular complexity index is 741. The minimum atomic E-state index is -0.368. The maximum atomic E-state index is 12.2. The predicted octanol–water partition coefficient (Wildman–Crippen LogP) is 3.53. The lowest BCUT2D eigenvalue weighted by Gasteiger charge is -2.13. The Morgan fingerprint density at radius 3 is 2.46 bits per heavy atom. The number of carbonyl (C=O) groups is 2. The molecule has 0 aliphatic carbocycles. The van der Waals surface area contributed by atoms with Gasteiger partial charge in [0.1, 0.15) is 12.2 Å². The molecule has 2 aromatic carbocycles. The first-order valence-corrected chi connectivity index (χ1v) is 7.85. The van der Waals surface area contributed by atoms with E-state index in [4.69, 9.17) is 4.74 Å². The number of nitrogens with one attached hydrogen (secondary N) is 2. The lowest BCUT2D eigenvalue weighted by molar-refractivity contribution is -0.123. The zero-order valence-corrected chi connectivity index (χ0v) is 14.2. The van der Waals surface area contributed by atoms with E-state index in [1.807, 2.05) is 32.0 Å². The molecule has 2 rings (SSSR count). The van der Waals surface area contributed by atoms with E-state index in [9.17, 15) is 9.59 Å². The molecule has 5 heteroatoms. The SMILES string of the molecule is CCc1cccc(C)c1NC(=O)CC(=O)Nc1cccc(OC)c1. The maximum Gasteiger partial charge on any atom is 0.233 e. The number of amides is 2. The first kappa shape index (κ1) is 17.5. The van der Waals surface area contributed by atoms with Gasteiger partial charge in [0.2, 0.25) is 11.8 Å². The second-order valence-corrected chi connectivity index (χ2v) is 5.47. The molecule has 5 nitrogen and oxygen atoms in total. The van der Waals surface area contributed by atoms with Crippen molar-refractivity contribution in [2.24, 2.45) is 0 Å². The Morgan fingerprint density at radius 1 is 1.04 bits per heavy atom. The van der Waals surface area contributed by atoms with Crippen LogP contribution in [0.3, 0.4) is 0 Å². The van der Waals surface area contributed by atoms with E-state index in [1.165, 1.54) is 0 Å². The van der Waals surface area contributed by atoms with E-state index < -0.39 is 0 Å². The molecule has 126 valence electrons. The number of para-hydroxylation sites is 1. The highest BCUT2D eigenvalue weighted by Gasteiger charge is 2.13. The van der Waals surface area contributed by atoms with Gasteiger partial charge in [-0.3, -0.25) is 9.59 Å². The second-order valence-electron chi connectivity index (χ2n) is 5.47. The zero-order chi connectivity index (χ0) is 17.5. The van der Waals surface area contributed by atoms with Gasteiger partial charge >= 0.3 is 0 Å². The average molecular weight is 326 g/mol. The lowest BCUT2D eigenvalue weighted by Crippen LogP contribution is -2.22. The summed E-state index contributed by atoms with van der Waals surface area (Å²) in [7, 11) is 1.56. The summed E-state index contributed by atoms with van der Waals surface area (Å²) >= 11 is 0. The first-order chi connectivity index (χ1) is 11.5. The van der Waals surface area contributed by atoms with E-state index in [0.29, 0.717) is 11.4 Å². The quantitative estimate of drug-likeness (QED) is 0.798. The van der Waals surface area contributed by atoms with Crippen molar-refractivity contribution >= 4 is 23.2 Å². The van der Waals surface area contributed by atoms with Crippen molar-refractivity contribution in [1.29, 1.82) is 0 Å². The van der Waals surface area contributed by atoms with Gasteiger partial charge in [0.05, 0.1) is 7.11 Å². The molecular weight excluding hydrogens is 304 g/mol. The van der Waals surface area contributed by atoms with Crippen molar-refractivity contribution in [3.8, 4) is 5.75 Å². The molecule has 2 N–H and O–H groups in total. The van der Waals surface area contributed by atoms with E-state index in [2.05, 4.69) is 10.6 Å². The molecule has 0 aromatic heterocycles. The largest absolute Gasteiger partial charge is 0.497 e. The molecular formula is C19H22N2O3. The van der Waals surface area contributed by atoms with Crippen molar-refractivity contribution in [3.05, 3.63) is 53.6 Å². The molecule has 0 unspecified atom stereocenters. The van der Waals surface area contributed by atoms with Crippen LogP contribution in [0.15, 0.2) is 42.5 Å². The van der Waals surface area contributed by atoms with Crippen molar-refractivity contribution in [3.63, 3.8) is 0 Å². The highest BCUT2D eigenvalue weighted by molar-refractivity contribution is 6.08. The monoisotopic (exact) mass is 326 g/mol. The van der Waals surface area contributed by atoms with Crippen LogP contribution in [0, 0.1) is 6.92 Å². The van der Waals surface area contributed by atoms with Crippen LogP contribution in [0.25, 0.3) is 0 Å². The third kappa shape index (κ3) is 4.59. The van der Waals surface area contributed by atoms with Gasteiger partial charge in [-0.25, -0.2) is 0 Å². The summed E-state index contributed by atoms with van der Waals surface area (Å²) in [4.78, 5) is 24.2. The molecule has 0 saturated heterocycles. The number of benzene rings is 2. The molecule has 0 radical (unpaired) electrons. The highest BCUT2D eigenvalue weighted by Crippen LogP contribution is 2.21. The van der Waals surface area contributed by atoms with Gasteiger partial charge in [-0.15, -0.1) is 0 Å². The summed E-state index contributed by atoms with van der Waals surface area (Å²) < 4.78 is 5.10. The normalized spacial score (nSPS) is 10.1. The maximum absolute atomic E-state index is 12.2. The van der Waals surface area contributed by atoms with Crippen molar-refractivity contribution in [2.75, 3.05) is 17.7 Å². The minimum absolute atomic E-state index is 0.241. The molecule has 0 saturated carbocycles. The summed E-state index contributed by atoms with van der Waals surface area (Å²) in [5.74, 6) is -0.0588. The van der Waals surface area contributed by atoms with Crippen molar-refractivity contribution in [2.45, 2.75) is 26.7 Å². The van der Waals surface area contributed by atoms with E-state index in [0.717, 1.165) is 23.2 Å². The van der Waals surface area contributed by atoms with Gasteiger partial charge in [0.25, 0.3) is 0 Å². The first-order valence-electron chi connectivity index (χ1n) is 7.85. The van der Waals surface area contributed by atoms with E-state index >= 15 is 0 Å². The molecule has 0 spiro atoms. The molecule has 0 atom stereocenters. The minimum Gasteiger partial charge on any atom is -0.497 e. The highest BCUT2D eigenvalue weighted by atomic mass is 16.5.